The summed E-state index contributed by atoms with van der Waals surface area (Å²) in [7, 11) is 3.07. The molecular formula is C16H23NO5. The van der Waals surface area contributed by atoms with Gasteiger partial charge in [0, 0.05) is 0 Å². The number of likely N-dealkylation sites (tertiary alicyclic amines) is 1. The Kier molecular flexibility index (Phi) is 4.24. The zero-order valence-corrected chi connectivity index (χ0v) is 13.7. The predicted octanol–water partition coefficient (Wildman–Crippen LogP) is 2.14. The Balaban J connectivity index is 2.18. The first kappa shape index (κ1) is 16.4. The highest BCUT2D eigenvalue weighted by Crippen LogP contribution is 2.43. The van der Waals surface area contributed by atoms with Crippen LogP contribution in [0.1, 0.15) is 26.3 Å². The Labute approximate surface area is 130 Å². The van der Waals surface area contributed by atoms with Gasteiger partial charge in [-0.2, -0.15) is 0 Å². The van der Waals surface area contributed by atoms with Gasteiger partial charge in [-0.1, -0.05) is 6.07 Å². The zero-order valence-electron chi connectivity index (χ0n) is 13.7. The fourth-order valence-corrected chi connectivity index (χ4v) is 2.51. The van der Waals surface area contributed by atoms with E-state index < -0.39 is 17.3 Å². The van der Waals surface area contributed by atoms with Gasteiger partial charge in [0.2, 0.25) is 0 Å². The number of aliphatic hydroxyl groups is 1. The number of amides is 1. The second kappa shape index (κ2) is 5.68. The number of nitrogens with zero attached hydrogens (tertiary/aromatic N) is 1. The van der Waals surface area contributed by atoms with Gasteiger partial charge in [0.1, 0.15) is 22.7 Å². The lowest BCUT2D eigenvalue weighted by Crippen LogP contribution is -2.62. The van der Waals surface area contributed by atoms with Gasteiger partial charge >= 0.3 is 6.09 Å². The molecular weight excluding hydrogens is 286 g/mol. The molecule has 1 heterocycles. The molecule has 1 fully saturated rings. The highest BCUT2D eigenvalue weighted by Gasteiger charge is 2.49. The second-order valence-corrected chi connectivity index (χ2v) is 6.41. The van der Waals surface area contributed by atoms with Crippen LogP contribution in [0, 0.1) is 0 Å². The molecule has 1 aromatic carbocycles. The van der Waals surface area contributed by atoms with Gasteiger partial charge in [-0.15, -0.1) is 0 Å². The Morgan fingerprint density at radius 3 is 2.09 bits per heavy atom. The highest BCUT2D eigenvalue weighted by molar-refractivity contribution is 5.70. The topological polar surface area (TPSA) is 68.2 Å². The molecule has 0 radical (unpaired) electrons. The first-order valence-electron chi connectivity index (χ1n) is 7.12. The van der Waals surface area contributed by atoms with Crippen molar-refractivity contribution in [2.45, 2.75) is 32.0 Å². The molecule has 1 N–H and O–H groups in total. The van der Waals surface area contributed by atoms with Gasteiger partial charge in [0.05, 0.1) is 32.9 Å². The number of methoxy groups -OCH3 is 2. The monoisotopic (exact) mass is 309 g/mol. The van der Waals surface area contributed by atoms with E-state index in [1.54, 1.807) is 39.0 Å². The average molecular weight is 309 g/mol. The molecule has 0 saturated carbocycles. The van der Waals surface area contributed by atoms with E-state index in [0.717, 1.165) is 0 Å². The summed E-state index contributed by atoms with van der Waals surface area (Å²) in [6.07, 6.45) is -0.439. The first-order valence-corrected chi connectivity index (χ1v) is 7.12. The van der Waals surface area contributed by atoms with E-state index in [0.29, 0.717) is 17.1 Å². The first-order chi connectivity index (χ1) is 10.2. The van der Waals surface area contributed by atoms with Crippen LogP contribution >= 0.6 is 0 Å². The number of β-amino-alcohol motifs (C(OH)–C–C–N with tert-alkyl or cyclic N) is 1. The van der Waals surface area contributed by atoms with Crippen molar-refractivity contribution in [1.29, 1.82) is 0 Å². The molecule has 1 aromatic rings. The summed E-state index contributed by atoms with van der Waals surface area (Å²) in [5, 5.41) is 10.8. The van der Waals surface area contributed by atoms with E-state index in [4.69, 9.17) is 14.2 Å². The summed E-state index contributed by atoms with van der Waals surface area (Å²) in [6.45, 7) is 5.69. The summed E-state index contributed by atoms with van der Waals surface area (Å²) < 4.78 is 15.9. The molecule has 122 valence electrons. The second-order valence-electron chi connectivity index (χ2n) is 6.41. The number of benzene rings is 1. The number of carbonyl (C=O) groups excluding carboxylic acids is 1. The smallest absolute Gasteiger partial charge is 0.410 e. The maximum atomic E-state index is 12.0. The third-order valence-corrected chi connectivity index (χ3v) is 3.45. The normalized spacial score (nSPS) is 16.7. The van der Waals surface area contributed by atoms with Crippen molar-refractivity contribution in [2.75, 3.05) is 27.3 Å². The van der Waals surface area contributed by atoms with Crippen molar-refractivity contribution >= 4 is 6.09 Å². The minimum absolute atomic E-state index is 0.138. The van der Waals surface area contributed by atoms with Crippen molar-refractivity contribution in [2.24, 2.45) is 0 Å². The molecule has 0 bridgehead atoms. The van der Waals surface area contributed by atoms with Crippen LogP contribution in [0.4, 0.5) is 4.79 Å². The lowest BCUT2D eigenvalue weighted by atomic mass is 9.85. The lowest BCUT2D eigenvalue weighted by molar-refractivity contribution is -0.105. The number of carbonyl (C=O) groups is 1. The molecule has 6 heteroatoms. The van der Waals surface area contributed by atoms with Crippen LogP contribution in [0.25, 0.3) is 0 Å². The highest BCUT2D eigenvalue weighted by atomic mass is 16.6. The van der Waals surface area contributed by atoms with E-state index >= 15 is 0 Å². The molecule has 22 heavy (non-hydrogen) atoms. The summed E-state index contributed by atoms with van der Waals surface area (Å²) in [5.41, 5.74) is -1.21. The van der Waals surface area contributed by atoms with Crippen LogP contribution in [-0.4, -0.2) is 49.0 Å². The number of ether oxygens (including phenoxy) is 3. The number of rotatable bonds is 3. The SMILES string of the molecule is COc1cccc(OC)c1C1(O)CN(C(=O)OC(C)(C)C)C1. The predicted molar refractivity (Wildman–Crippen MR) is 81.2 cm³/mol. The fourth-order valence-electron chi connectivity index (χ4n) is 2.51. The van der Waals surface area contributed by atoms with Crippen molar-refractivity contribution in [1.82, 2.24) is 4.90 Å². The maximum Gasteiger partial charge on any atom is 0.410 e. The molecule has 6 nitrogen and oxygen atoms in total. The molecule has 1 amide bonds. The van der Waals surface area contributed by atoms with Crippen LogP contribution in [0.3, 0.4) is 0 Å². The van der Waals surface area contributed by atoms with Crippen molar-refractivity contribution in [3.05, 3.63) is 23.8 Å². The Morgan fingerprint density at radius 1 is 1.18 bits per heavy atom. The lowest BCUT2D eigenvalue weighted by Gasteiger charge is -2.47. The quantitative estimate of drug-likeness (QED) is 0.926. The summed E-state index contributed by atoms with van der Waals surface area (Å²) in [4.78, 5) is 13.5. The van der Waals surface area contributed by atoms with Crippen molar-refractivity contribution in [3.8, 4) is 11.5 Å². The summed E-state index contributed by atoms with van der Waals surface area (Å²) >= 11 is 0. The van der Waals surface area contributed by atoms with Gasteiger partial charge in [0.15, 0.2) is 0 Å². The molecule has 2 rings (SSSR count). The largest absolute Gasteiger partial charge is 0.496 e. The van der Waals surface area contributed by atoms with E-state index in [9.17, 15) is 9.90 Å². The van der Waals surface area contributed by atoms with E-state index in [2.05, 4.69) is 0 Å². The van der Waals surface area contributed by atoms with Crippen LogP contribution in [-0.2, 0) is 10.3 Å². The van der Waals surface area contributed by atoms with E-state index in [1.165, 1.54) is 19.1 Å². The summed E-state index contributed by atoms with van der Waals surface area (Å²) in [6, 6.07) is 5.30. The van der Waals surface area contributed by atoms with Crippen LogP contribution in [0.5, 0.6) is 11.5 Å². The van der Waals surface area contributed by atoms with Crippen LogP contribution in [0.15, 0.2) is 18.2 Å². The minimum atomic E-state index is -1.20. The van der Waals surface area contributed by atoms with Crippen LogP contribution < -0.4 is 9.47 Å². The minimum Gasteiger partial charge on any atom is -0.496 e. The molecule has 1 aliphatic heterocycles. The van der Waals surface area contributed by atoms with E-state index in [-0.39, 0.29) is 13.1 Å². The van der Waals surface area contributed by atoms with Gasteiger partial charge in [-0.25, -0.2) is 4.79 Å². The van der Waals surface area contributed by atoms with Gasteiger partial charge in [0.25, 0.3) is 0 Å². The van der Waals surface area contributed by atoms with E-state index in [1.807, 2.05) is 0 Å². The third-order valence-electron chi connectivity index (χ3n) is 3.45. The summed E-state index contributed by atoms with van der Waals surface area (Å²) in [5.74, 6) is 1.07. The standard InChI is InChI=1S/C16H23NO5/c1-15(2,3)22-14(18)17-9-16(19,10-17)13-11(20-4)7-6-8-12(13)21-5/h6-8,19H,9-10H2,1-5H3. The molecule has 0 unspecified atom stereocenters. The third kappa shape index (κ3) is 3.11. The Morgan fingerprint density at radius 2 is 1.68 bits per heavy atom. The molecule has 1 saturated heterocycles. The van der Waals surface area contributed by atoms with Gasteiger partial charge in [-0.05, 0) is 32.9 Å². The number of hydrogen-bond acceptors (Lipinski definition) is 5. The van der Waals surface area contributed by atoms with Gasteiger partial charge in [-0.3, -0.25) is 0 Å². The molecule has 0 atom stereocenters. The molecule has 1 aliphatic rings. The number of hydrogen-bond donors (Lipinski definition) is 1. The molecule has 0 aliphatic carbocycles. The Hall–Kier alpha value is -1.95. The average Bonchev–Trinajstić information content (AvgIpc) is 2.40. The Bertz CT molecular complexity index is 536. The molecule has 0 spiro atoms. The zero-order chi connectivity index (χ0) is 16.5. The maximum absolute atomic E-state index is 12.0. The van der Waals surface area contributed by atoms with Crippen molar-refractivity contribution < 1.29 is 24.1 Å². The van der Waals surface area contributed by atoms with Gasteiger partial charge < -0.3 is 24.2 Å². The van der Waals surface area contributed by atoms with Crippen molar-refractivity contribution in [3.63, 3.8) is 0 Å². The fraction of sp³-hybridized carbons (Fsp3) is 0.562. The van der Waals surface area contributed by atoms with Crippen LogP contribution in [0.2, 0.25) is 0 Å². The molecule has 0 aromatic heterocycles.